The molecule has 0 unspecified atom stereocenters. The third-order valence-electron chi connectivity index (χ3n) is 3.29. The zero-order chi connectivity index (χ0) is 14.8. The van der Waals surface area contributed by atoms with Crippen LogP contribution in [0.1, 0.15) is 16.5 Å². The van der Waals surface area contributed by atoms with Crippen LogP contribution in [-0.4, -0.2) is 41.1 Å². The van der Waals surface area contributed by atoms with Gasteiger partial charge in [0, 0.05) is 24.8 Å². The van der Waals surface area contributed by atoms with Crippen LogP contribution in [0.3, 0.4) is 0 Å². The highest BCUT2D eigenvalue weighted by Crippen LogP contribution is 2.28. The van der Waals surface area contributed by atoms with E-state index in [1.165, 1.54) is 0 Å². The predicted octanol–water partition coefficient (Wildman–Crippen LogP) is 1.45. The second kappa shape index (κ2) is 5.82. The van der Waals surface area contributed by atoms with Crippen LogP contribution >= 0.6 is 15.9 Å². The second-order valence-corrected chi connectivity index (χ2v) is 5.55. The molecular weight excluding hydrogens is 338 g/mol. The van der Waals surface area contributed by atoms with E-state index in [-0.39, 0.29) is 11.9 Å². The van der Waals surface area contributed by atoms with Crippen molar-refractivity contribution in [2.45, 2.75) is 6.04 Å². The van der Waals surface area contributed by atoms with Gasteiger partial charge in [0.15, 0.2) is 5.69 Å². The lowest BCUT2D eigenvalue weighted by Crippen LogP contribution is -2.43. The van der Waals surface area contributed by atoms with Gasteiger partial charge in [-0.05, 0) is 28.1 Å². The van der Waals surface area contributed by atoms with Crippen LogP contribution in [0.5, 0.6) is 5.75 Å². The fourth-order valence-corrected chi connectivity index (χ4v) is 2.36. The molecule has 110 valence electrons. The minimum atomic E-state index is -0.294. The zero-order valence-corrected chi connectivity index (χ0v) is 12.9. The molecule has 0 bridgehead atoms. The maximum atomic E-state index is 12.1. The van der Waals surface area contributed by atoms with E-state index in [1.54, 1.807) is 30.1 Å². The molecule has 1 aromatic heterocycles. The lowest BCUT2D eigenvalue weighted by Gasteiger charge is -2.26. The number of methoxy groups -OCH3 is 1. The molecule has 0 aliphatic carbocycles. The van der Waals surface area contributed by atoms with Crippen LogP contribution in [0.25, 0.3) is 0 Å². The number of aromatic nitrogens is 3. The summed E-state index contributed by atoms with van der Waals surface area (Å²) >= 11 is 3.37. The fraction of sp³-hybridized carbons (Fsp3) is 0.308. The topological polar surface area (TPSA) is 81.1 Å². The Morgan fingerprint density at radius 3 is 3.00 bits per heavy atom. The number of anilines is 1. The van der Waals surface area contributed by atoms with Gasteiger partial charge >= 0.3 is 0 Å². The van der Waals surface area contributed by atoms with E-state index >= 15 is 0 Å². The first-order valence-corrected chi connectivity index (χ1v) is 7.24. The first-order chi connectivity index (χ1) is 10.2. The first kappa shape index (κ1) is 14.0. The molecule has 3 rings (SSSR count). The van der Waals surface area contributed by atoms with E-state index in [1.807, 2.05) is 6.07 Å². The Kier molecular flexibility index (Phi) is 3.89. The molecule has 1 amide bonds. The summed E-state index contributed by atoms with van der Waals surface area (Å²) in [4.78, 5) is 12.1. The smallest absolute Gasteiger partial charge is 0.277 e. The number of ether oxygens (including phenoxy) is 1. The number of hydrogen-bond acceptors (Lipinski definition) is 5. The van der Waals surface area contributed by atoms with Crippen LogP contribution in [0.4, 0.5) is 5.69 Å². The van der Waals surface area contributed by atoms with Crippen LogP contribution < -0.4 is 15.4 Å². The molecule has 8 heteroatoms. The number of amides is 1. The van der Waals surface area contributed by atoms with Gasteiger partial charge in [0.05, 0.1) is 23.8 Å². The maximum Gasteiger partial charge on any atom is 0.277 e. The normalized spacial score (nSPS) is 14.6. The van der Waals surface area contributed by atoms with Crippen molar-refractivity contribution in [3.05, 3.63) is 34.6 Å². The number of rotatable bonds is 4. The molecule has 2 N–H and O–H groups in total. The molecule has 0 spiro atoms. The molecule has 7 nitrogen and oxygen atoms in total. The minimum Gasteiger partial charge on any atom is -0.495 e. The van der Waals surface area contributed by atoms with Gasteiger partial charge in [-0.1, -0.05) is 5.21 Å². The molecule has 1 saturated heterocycles. The monoisotopic (exact) mass is 351 g/mol. The van der Waals surface area contributed by atoms with Gasteiger partial charge in [-0.15, -0.1) is 5.10 Å². The summed E-state index contributed by atoms with van der Waals surface area (Å²) in [7, 11) is 1.57. The van der Waals surface area contributed by atoms with E-state index < -0.39 is 0 Å². The largest absolute Gasteiger partial charge is 0.495 e. The average molecular weight is 352 g/mol. The van der Waals surface area contributed by atoms with E-state index in [4.69, 9.17) is 4.74 Å². The Morgan fingerprint density at radius 1 is 1.52 bits per heavy atom. The number of nitrogens with one attached hydrogen (secondary N) is 2. The molecule has 2 aromatic rings. The average Bonchev–Trinajstić information content (AvgIpc) is 2.88. The summed E-state index contributed by atoms with van der Waals surface area (Å²) in [6.45, 7) is 1.71. The van der Waals surface area contributed by atoms with E-state index in [9.17, 15) is 4.79 Å². The van der Waals surface area contributed by atoms with Gasteiger partial charge in [0.25, 0.3) is 5.91 Å². The van der Waals surface area contributed by atoms with Crippen molar-refractivity contribution in [2.75, 3.05) is 25.5 Å². The van der Waals surface area contributed by atoms with Crippen LogP contribution in [0.15, 0.2) is 28.9 Å². The summed E-state index contributed by atoms with van der Waals surface area (Å²) < 4.78 is 7.73. The number of carbonyl (C=O) groups excluding carboxylic acids is 1. The van der Waals surface area contributed by atoms with Gasteiger partial charge in [-0.25, -0.2) is 4.68 Å². The summed E-state index contributed by atoms with van der Waals surface area (Å²) in [5, 5.41) is 13.8. The molecule has 21 heavy (non-hydrogen) atoms. The minimum absolute atomic E-state index is 0.284. The van der Waals surface area contributed by atoms with Crippen molar-refractivity contribution >= 4 is 27.5 Å². The molecule has 0 atom stereocenters. The molecule has 0 saturated carbocycles. The SMILES string of the molecule is COc1cc(NC(=O)c2cn(C3CNC3)nn2)ccc1Br. The number of carbonyl (C=O) groups is 1. The molecular formula is C13H14BrN5O2. The number of hydrogen-bond donors (Lipinski definition) is 2. The van der Waals surface area contributed by atoms with Crippen LogP contribution in [-0.2, 0) is 0 Å². The number of benzene rings is 1. The van der Waals surface area contributed by atoms with Gasteiger partial charge in [0.2, 0.25) is 0 Å². The highest BCUT2D eigenvalue weighted by atomic mass is 79.9. The van der Waals surface area contributed by atoms with Crippen LogP contribution in [0.2, 0.25) is 0 Å². The van der Waals surface area contributed by atoms with Crippen LogP contribution in [0, 0.1) is 0 Å². The molecule has 1 aliphatic heterocycles. The van der Waals surface area contributed by atoms with Crippen molar-refractivity contribution < 1.29 is 9.53 Å². The lowest BCUT2D eigenvalue weighted by molar-refractivity contribution is 0.102. The van der Waals surface area contributed by atoms with Gasteiger partial charge in [-0.3, -0.25) is 4.79 Å². The summed E-state index contributed by atoms with van der Waals surface area (Å²) in [5.41, 5.74) is 0.934. The summed E-state index contributed by atoms with van der Waals surface area (Å²) in [5.74, 6) is 0.356. The third kappa shape index (κ3) is 2.91. The standard InChI is InChI=1S/C13H14BrN5O2/c1-21-12-4-8(2-3-10(12)14)16-13(20)11-7-19(18-17-11)9-5-15-6-9/h2-4,7,9,15H,5-6H2,1H3,(H,16,20). The van der Waals surface area contributed by atoms with Gasteiger partial charge < -0.3 is 15.4 Å². The van der Waals surface area contributed by atoms with E-state index in [0.29, 0.717) is 17.1 Å². The highest BCUT2D eigenvalue weighted by molar-refractivity contribution is 9.10. The third-order valence-corrected chi connectivity index (χ3v) is 3.94. The Balaban J connectivity index is 1.72. The Morgan fingerprint density at radius 2 is 2.33 bits per heavy atom. The Labute approximate surface area is 129 Å². The van der Waals surface area contributed by atoms with Crippen molar-refractivity contribution in [3.8, 4) is 5.75 Å². The molecule has 1 aliphatic rings. The number of nitrogens with zero attached hydrogens (tertiary/aromatic N) is 3. The predicted molar refractivity (Wildman–Crippen MR) is 80.6 cm³/mol. The Hall–Kier alpha value is -1.93. The zero-order valence-electron chi connectivity index (χ0n) is 11.3. The second-order valence-electron chi connectivity index (χ2n) is 4.70. The van der Waals surface area contributed by atoms with Crippen molar-refractivity contribution in [2.24, 2.45) is 0 Å². The highest BCUT2D eigenvalue weighted by Gasteiger charge is 2.21. The fourth-order valence-electron chi connectivity index (χ4n) is 1.95. The molecule has 1 fully saturated rings. The Bertz CT molecular complexity index is 668. The molecule has 0 radical (unpaired) electrons. The lowest BCUT2D eigenvalue weighted by atomic mass is 10.2. The maximum absolute atomic E-state index is 12.1. The molecule has 1 aromatic carbocycles. The summed E-state index contributed by atoms with van der Waals surface area (Å²) in [6.07, 6.45) is 1.66. The number of halogens is 1. The van der Waals surface area contributed by atoms with Gasteiger partial charge in [-0.2, -0.15) is 0 Å². The summed E-state index contributed by atoms with van der Waals surface area (Å²) in [6, 6.07) is 5.62. The van der Waals surface area contributed by atoms with E-state index in [2.05, 4.69) is 36.9 Å². The van der Waals surface area contributed by atoms with Crippen molar-refractivity contribution in [1.82, 2.24) is 20.3 Å². The van der Waals surface area contributed by atoms with Crippen molar-refractivity contribution in [1.29, 1.82) is 0 Å². The van der Waals surface area contributed by atoms with Crippen molar-refractivity contribution in [3.63, 3.8) is 0 Å². The quantitative estimate of drug-likeness (QED) is 0.871. The van der Waals surface area contributed by atoms with Gasteiger partial charge in [0.1, 0.15) is 5.75 Å². The first-order valence-electron chi connectivity index (χ1n) is 6.45. The molecule has 2 heterocycles. The van der Waals surface area contributed by atoms with E-state index in [0.717, 1.165) is 17.6 Å².